The zero-order chi connectivity index (χ0) is 21.2. The van der Waals surface area contributed by atoms with Crippen molar-refractivity contribution in [3.63, 3.8) is 0 Å². The molecule has 0 saturated carbocycles. The van der Waals surface area contributed by atoms with E-state index in [2.05, 4.69) is 0 Å². The number of benzene rings is 1. The van der Waals surface area contributed by atoms with Crippen LogP contribution in [0.15, 0.2) is 33.5 Å². The minimum Gasteiger partial charge on any atom is -0.497 e. The van der Waals surface area contributed by atoms with Crippen LogP contribution in [0.5, 0.6) is 5.75 Å². The first kappa shape index (κ1) is 20.7. The standard InChI is InChI=1S/C21H26N2O6/c1-21(2,3)29-20(26)23-9-7-22(8-10-23)18(24)12-15-11-14-5-6-16(27-4)13-17(14)28-19(15)25/h5-6,11,13H,7-10,12H2,1-4H3. The molecule has 29 heavy (non-hydrogen) atoms. The first-order valence-corrected chi connectivity index (χ1v) is 9.53. The maximum Gasteiger partial charge on any atom is 0.410 e. The minimum atomic E-state index is -0.557. The molecule has 0 spiro atoms. The zero-order valence-corrected chi connectivity index (χ0v) is 17.2. The summed E-state index contributed by atoms with van der Waals surface area (Å²) in [5, 5.41) is 0.725. The van der Waals surface area contributed by atoms with Crippen LogP contribution in [0, 0.1) is 0 Å². The van der Waals surface area contributed by atoms with Crippen LogP contribution in [0.4, 0.5) is 4.79 Å². The number of rotatable bonds is 3. The third-order valence-corrected chi connectivity index (χ3v) is 4.64. The van der Waals surface area contributed by atoms with Gasteiger partial charge in [0, 0.05) is 43.2 Å². The van der Waals surface area contributed by atoms with E-state index in [0.717, 1.165) is 5.39 Å². The van der Waals surface area contributed by atoms with Gasteiger partial charge in [-0.15, -0.1) is 0 Å². The molecule has 0 unspecified atom stereocenters. The summed E-state index contributed by atoms with van der Waals surface area (Å²) in [7, 11) is 1.54. The van der Waals surface area contributed by atoms with Crippen LogP contribution in [-0.4, -0.2) is 60.7 Å². The predicted molar refractivity (Wildman–Crippen MR) is 107 cm³/mol. The predicted octanol–water partition coefficient (Wildman–Crippen LogP) is 2.42. The topological polar surface area (TPSA) is 89.3 Å². The fourth-order valence-corrected chi connectivity index (χ4v) is 3.12. The van der Waals surface area contributed by atoms with Gasteiger partial charge in [-0.1, -0.05) is 0 Å². The van der Waals surface area contributed by atoms with E-state index in [1.165, 1.54) is 7.11 Å². The molecule has 1 saturated heterocycles. The molecule has 0 radical (unpaired) electrons. The number of hydrogen-bond donors (Lipinski definition) is 0. The van der Waals surface area contributed by atoms with Gasteiger partial charge < -0.3 is 23.7 Å². The first-order valence-electron chi connectivity index (χ1n) is 9.53. The molecule has 1 fully saturated rings. The number of nitrogens with zero attached hydrogens (tertiary/aromatic N) is 2. The Balaban J connectivity index is 1.63. The highest BCUT2D eigenvalue weighted by atomic mass is 16.6. The molecule has 8 nitrogen and oxygen atoms in total. The fraction of sp³-hybridized carbons (Fsp3) is 0.476. The van der Waals surface area contributed by atoms with E-state index >= 15 is 0 Å². The summed E-state index contributed by atoms with van der Waals surface area (Å²) >= 11 is 0. The van der Waals surface area contributed by atoms with Crippen molar-refractivity contribution in [2.24, 2.45) is 0 Å². The van der Waals surface area contributed by atoms with Gasteiger partial charge in [-0.3, -0.25) is 4.79 Å². The number of piperazine rings is 1. The van der Waals surface area contributed by atoms with Crippen LogP contribution in [0.2, 0.25) is 0 Å². The maximum absolute atomic E-state index is 12.7. The second kappa shape index (κ2) is 8.14. The van der Waals surface area contributed by atoms with Gasteiger partial charge in [0.25, 0.3) is 0 Å². The van der Waals surface area contributed by atoms with Gasteiger partial charge in [-0.05, 0) is 39.0 Å². The molecule has 0 atom stereocenters. The molecule has 1 aliphatic rings. The summed E-state index contributed by atoms with van der Waals surface area (Å²) in [5.41, 5.74) is -0.372. The SMILES string of the molecule is COc1ccc2cc(CC(=O)N3CCN(C(=O)OC(C)(C)C)CC3)c(=O)oc2c1. The highest BCUT2D eigenvalue weighted by Gasteiger charge is 2.28. The van der Waals surface area contributed by atoms with E-state index < -0.39 is 11.2 Å². The van der Waals surface area contributed by atoms with Gasteiger partial charge in [0.1, 0.15) is 16.9 Å². The average molecular weight is 402 g/mol. The lowest BCUT2D eigenvalue weighted by molar-refractivity contribution is -0.132. The third-order valence-electron chi connectivity index (χ3n) is 4.64. The number of carbonyl (C=O) groups is 2. The number of hydrogen-bond acceptors (Lipinski definition) is 6. The Morgan fingerprint density at radius 2 is 1.72 bits per heavy atom. The third kappa shape index (κ3) is 5.07. The van der Waals surface area contributed by atoms with Gasteiger partial charge >= 0.3 is 11.7 Å². The van der Waals surface area contributed by atoms with Gasteiger partial charge in [-0.2, -0.15) is 0 Å². The molecule has 2 amide bonds. The van der Waals surface area contributed by atoms with Crippen molar-refractivity contribution < 1.29 is 23.5 Å². The number of amides is 2. The fourth-order valence-electron chi connectivity index (χ4n) is 3.12. The highest BCUT2D eigenvalue weighted by molar-refractivity contribution is 5.82. The summed E-state index contributed by atoms with van der Waals surface area (Å²) in [6.45, 7) is 7.03. The van der Waals surface area contributed by atoms with E-state index in [1.54, 1.807) is 34.1 Å². The second-order valence-electron chi connectivity index (χ2n) is 7.99. The van der Waals surface area contributed by atoms with E-state index in [-0.39, 0.29) is 18.4 Å². The van der Waals surface area contributed by atoms with Crippen molar-refractivity contribution in [3.05, 3.63) is 40.2 Å². The summed E-state index contributed by atoms with van der Waals surface area (Å²) < 4.78 is 15.8. The van der Waals surface area contributed by atoms with Crippen molar-refractivity contribution in [2.75, 3.05) is 33.3 Å². The summed E-state index contributed by atoms with van der Waals surface area (Å²) in [6.07, 6.45) is -0.424. The molecule has 2 heterocycles. The van der Waals surface area contributed by atoms with Crippen LogP contribution < -0.4 is 10.4 Å². The number of methoxy groups -OCH3 is 1. The normalized spacial score (nSPS) is 14.8. The van der Waals surface area contributed by atoms with E-state index in [9.17, 15) is 14.4 Å². The van der Waals surface area contributed by atoms with Gasteiger partial charge in [0.2, 0.25) is 5.91 Å². The van der Waals surface area contributed by atoms with E-state index in [4.69, 9.17) is 13.9 Å². The average Bonchev–Trinajstić information content (AvgIpc) is 2.67. The van der Waals surface area contributed by atoms with Gasteiger partial charge in [-0.25, -0.2) is 9.59 Å². The molecule has 0 bridgehead atoms. The maximum atomic E-state index is 12.7. The van der Waals surface area contributed by atoms with Gasteiger partial charge in [0.15, 0.2) is 0 Å². The largest absolute Gasteiger partial charge is 0.497 e. The molecule has 156 valence electrons. The number of fused-ring (bicyclic) bond motifs is 1. The Labute approximate surface area is 169 Å². The Hall–Kier alpha value is -3.03. The van der Waals surface area contributed by atoms with Crippen molar-refractivity contribution >= 4 is 23.0 Å². The van der Waals surface area contributed by atoms with Crippen molar-refractivity contribution in [1.82, 2.24) is 9.80 Å². The molecular weight excluding hydrogens is 376 g/mol. The molecule has 3 rings (SSSR count). The molecule has 1 aromatic heterocycles. The van der Waals surface area contributed by atoms with E-state index in [0.29, 0.717) is 43.1 Å². The van der Waals surface area contributed by atoms with Crippen LogP contribution in [0.3, 0.4) is 0 Å². The lowest BCUT2D eigenvalue weighted by Gasteiger charge is -2.35. The summed E-state index contributed by atoms with van der Waals surface area (Å²) in [4.78, 5) is 40.3. The first-order chi connectivity index (χ1) is 13.7. The molecule has 2 aromatic rings. The molecular formula is C21H26N2O6. The molecule has 0 N–H and O–H groups in total. The molecule has 0 aliphatic carbocycles. The quantitative estimate of drug-likeness (QED) is 0.733. The molecule has 1 aromatic carbocycles. The smallest absolute Gasteiger partial charge is 0.410 e. The van der Waals surface area contributed by atoms with E-state index in [1.807, 2.05) is 20.8 Å². The summed E-state index contributed by atoms with van der Waals surface area (Å²) in [6, 6.07) is 6.86. The van der Waals surface area contributed by atoms with Crippen LogP contribution in [-0.2, 0) is 16.0 Å². The Kier molecular flexibility index (Phi) is 5.81. The van der Waals surface area contributed by atoms with Crippen LogP contribution in [0.1, 0.15) is 26.3 Å². The number of ether oxygens (including phenoxy) is 2. The zero-order valence-electron chi connectivity index (χ0n) is 17.2. The Morgan fingerprint density at radius 1 is 1.07 bits per heavy atom. The molecule has 8 heteroatoms. The van der Waals surface area contributed by atoms with Crippen molar-refractivity contribution in [3.8, 4) is 5.75 Å². The minimum absolute atomic E-state index is 0.0449. The Morgan fingerprint density at radius 3 is 2.34 bits per heavy atom. The summed E-state index contributed by atoms with van der Waals surface area (Å²) in [5.74, 6) is 0.418. The second-order valence-corrected chi connectivity index (χ2v) is 7.99. The van der Waals surface area contributed by atoms with Crippen LogP contribution >= 0.6 is 0 Å². The van der Waals surface area contributed by atoms with Crippen molar-refractivity contribution in [1.29, 1.82) is 0 Å². The van der Waals surface area contributed by atoms with Gasteiger partial charge in [0.05, 0.1) is 13.5 Å². The Bertz CT molecular complexity index is 967. The lowest BCUT2D eigenvalue weighted by atomic mass is 10.1. The van der Waals surface area contributed by atoms with Crippen LogP contribution in [0.25, 0.3) is 11.0 Å². The number of carbonyl (C=O) groups excluding carboxylic acids is 2. The highest BCUT2D eigenvalue weighted by Crippen LogP contribution is 2.20. The molecule has 1 aliphatic heterocycles. The monoisotopic (exact) mass is 402 g/mol. The lowest BCUT2D eigenvalue weighted by Crippen LogP contribution is -2.52. The van der Waals surface area contributed by atoms with Crippen molar-refractivity contribution in [2.45, 2.75) is 32.8 Å².